The number of amides is 2. The highest BCUT2D eigenvalue weighted by molar-refractivity contribution is 5.74. The Balaban J connectivity index is 1.16. The summed E-state index contributed by atoms with van der Waals surface area (Å²) in [5.74, 6) is 1.86. The van der Waals surface area contributed by atoms with Gasteiger partial charge in [0.15, 0.2) is 0 Å². The summed E-state index contributed by atoms with van der Waals surface area (Å²) < 4.78 is 0. The van der Waals surface area contributed by atoms with Crippen LogP contribution in [0.25, 0.3) is 0 Å². The first kappa shape index (κ1) is 22.6. The fourth-order valence-electron chi connectivity index (χ4n) is 4.63. The van der Waals surface area contributed by atoms with Gasteiger partial charge in [-0.1, -0.05) is 37.3 Å². The molecule has 1 aromatic heterocycles. The molecule has 2 saturated heterocycles. The minimum atomic E-state index is -0.0866. The second-order valence-electron chi connectivity index (χ2n) is 9.50. The van der Waals surface area contributed by atoms with Crippen LogP contribution in [0.5, 0.6) is 0 Å². The number of piperidine rings is 2. The van der Waals surface area contributed by atoms with Gasteiger partial charge >= 0.3 is 6.03 Å². The zero-order chi connectivity index (χ0) is 22.3. The first-order valence-corrected chi connectivity index (χ1v) is 12.1. The summed E-state index contributed by atoms with van der Waals surface area (Å²) in [4.78, 5) is 21.8. The van der Waals surface area contributed by atoms with Crippen LogP contribution in [0.4, 0.5) is 10.6 Å². The second kappa shape index (κ2) is 10.8. The van der Waals surface area contributed by atoms with Crippen molar-refractivity contribution in [2.24, 2.45) is 5.92 Å². The third kappa shape index (κ3) is 6.22. The molecule has 2 aromatic rings. The normalized spacial score (nSPS) is 18.5. The summed E-state index contributed by atoms with van der Waals surface area (Å²) in [5, 5.41) is 6.14. The number of nitrogens with zero attached hydrogens (tertiary/aromatic N) is 3. The molecule has 2 aliphatic rings. The Morgan fingerprint density at radius 3 is 2.47 bits per heavy atom. The molecule has 6 heteroatoms. The van der Waals surface area contributed by atoms with Crippen LogP contribution >= 0.6 is 0 Å². The van der Waals surface area contributed by atoms with Crippen LogP contribution in [0.2, 0.25) is 0 Å². The molecule has 0 saturated carbocycles. The van der Waals surface area contributed by atoms with Crippen LogP contribution in [-0.4, -0.2) is 48.1 Å². The Labute approximate surface area is 192 Å². The largest absolute Gasteiger partial charge is 0.357 e. The molecule has 0 atom stereocenters. The molecular weight excluding hydrogens is 398 g/mol. The molecule has 6 nitrogen and oxygen atoms in total. The van der Waals surface area contributed by atoms with Crippen LogP contribution in [0, 0.1) is 12.8 Å². The SMILES string of the molecule is Cc1ccccc1CN1CCC(NC(=O)NCc2ccc(N3CCC(C)CC3)nc2)CC1. The number of nitrogens with one attached hydrogen (secondary N) is 2. The lowest BCUT2D eigenvalue weighted by Crippen LogP contribution is -2.47. The quantitative estimate of drug-likeness (QED) is 0.718. The molecule has 2 N–H and O–H groups in total. The minimum absolute atomic E-state index is 0.0866. The number of rotatable bonds is 6. The molecular formula is C26H37N5O. The third-order valence-electron chi connectivity index (χ3n) is 6.95. The molecule has 3 heterocycles. The summed E-state index contributed by atoms with van der Waals surface area (Å²) in [5.41, 5.74) is 3.77. The van der Waals surface area contributed by atoms with Crippen LogP contribution in [0.1, 0.15) is 49.3 Å². The van der Waals surface area contributed by atoms with Gasteiger partial charge in [0.05, 0.1) is 0 Å². The number of anilines is 1. The number of hydrogen-bond acceptors (Lipinski definition) is 4. The smallest absolute Gasteiger partial charge is 0.315 e. The second-order valence-corrected chi connectivity index (χ2v) is 9.50. The van der Waals surface area contributed by atoms with E-state index >= 15 is 0 Å². The van der Waals surface area contributed by atoms with Crippen molar-refractivity contribution in [3.8, 4) is 0 Å². The number of carbonyl (C=O) groups excluding carboxylic acids is 1. The van der Waals surface area contributed by atoms with Crippen molar-refractivity contribution in [1.82, 2.24) is 20.5 Å². The Hall–Kier alpha value is -2.60. The Morgan fingerprint density at radius 1 is 1.03 bits per heavy atom. The van der Waals surface area contributed by atoms with E-state index in [4.69, 9.17) is 0 Å². The van der Waals surface area contributed by atoms with E-state index in [0.29, 0.717) is 6.54 Å². The highest BCUT2D eigenvalue weighted by Crippen LogP contribution is 2.21. The summed E-state index contributed by atoms with van der Waals surface area (Å²) in [6, 6.07) is 12.9. The van der Waals surface area contributed by atoms with Gasteiger partial charge in [-0.15, -0.1) is 0 Å². The summed E-state index contributed by atoms with van der Waals surface area (Å²) in [7, 11) is 0. The monoisotopic (exact) mass is 435 g/mol. The fraction of sp³-hybridized carbons (Fsp3) is 0.538. The topological polar surface area (TPSA) is 60.5 Å². The molecule has 32 heavy (non-hydrogen) atoms. The zero-order valence-electron chi connectivity index (χ0n) is 19.5. The number of aryl methyl sites for hydroxylation is 1. The van der Waals surface area contributed by atoms with Crippen molar-refractivity contribution in [1.29, 1.82) is 0 Å². The first-order chi connectivity index (χ1) is 15.6. The number of aromatic nitrogens is 1. The standard InChI is InChI=1S/C26H37N5O/c1-20-9-15-31(16-10-20)25-8-7-22(17-27-25)18-28-26(32)29-24-11-13-30(14-12-24)19-23-6-4-3-5-21(23)2/h3-8,17,20,24H,9-16,18-19H2,1-2H3,(H2,28,29,32). The highest BCUT2D eigenvalue weighted by Gasteiger charge is 2.21. The van der Waals surface area contributed by atoms with E-state index in [9.17, 15) is 4.79 Å². The maximum absolute atomic E-state index is 12.4. The van der Waals surface area contributed by atoms with E-state index in [2.05, 4.69) is 75.7 Å². The summed E-state index contributed by atoms with van der Waals surface area (Å²) in [6.45, 7) is 10.2. The Bertz CT molecular complexity index is 868. The molecule has 0 aliphatic carbocycles. The summed E-state index contributed by atoms with van der Waals surface area (Å²) >= 11 is 0. The first-order valence-electron chi connectivity index (χ1n) is 12.1. The number of likely N-dealkylation sites (tertiary alicyclic amines) is 1. The zero-order valence-corrected chi connectivity index (χ0v) is 19.5. The lowest BCUT2D eigenvalue weighted by atomic mass is 9.99. The summed E-state index contributed by atoms with van der Waals surface area (Å²) in [6.07, 6.45) is 6.33. The van der Waals surface area contributed by atoms with Gasteiger partial charge in [-0.05, 0) is 61.3 Å². The molecule has 0 bridgehead atoms. The molecule has 0 unspecified atom stereocenters. The van der Waals surface area contributed by atoms with Crippen molar-refractivity contribution in [2.45, 2.75) is 58.7 Å². The van der Waals surface area contributed by atoms with Gasteiger partial charge in [-0.25, -0.2) is 9.78 Å². The van der Waals surface area contributed by atoms with Crippen molar-refractivity contribution in [2.75, 3.05) is 31.1 Å². The van der Waals surface area contributed by atoms with Crippen molar-refractivity contribution in [3.63, 3.8) is 0 Å². The van der Waals surface area contributed by atoms with Crippen LogP contribution in [0.15, 0.2) is 42.6 Å². The number of urea groups is 1. The van der Waals surface area contributed by atoms with E-state index in [-0.39, 0.29) is 12.1 Å². The van der Waals surface area contributed by atoms with Crippen LogP contribution < -0.4 is 15.5 Å². The van der Waals surface area contributed by atoms with E-state index in [1.807, 2.05) is 6.20 Å². The Kier molecular flexibility index (Phi) is 7.63. The maximum Gasteiger partial charge on any atom is 0.315 e. The van der Waals surface area contributed by atoms with Crippen molar-refractivity contribution < 1.29 is 4.79 Å². The van der Waals surface area contributed by atoms with Gasteiger partial charge in [0, 0.05) is 51.5 Å². The van der Waals surface area contributed by atoms with Gasteiger partial charge < -0.3 is 15.5 Å². The van der Waals surface area contributed by atoms with Gasteiger partial charge in [-0.3, -0.25) is 4.90 Å². The van der Waals surface area contributed by atoms with E-state index in [0.717, 1.165) is 62.9 Å². The average Bonchev–Trinajstić information content (AvgIpc) is 2.81. The number of benzene rings is 1. The molecule has 2 amide bonds. The molecule has 2 aliphatic heterocycles. The molecule has 172 valence electrons. The lowest BCUT2D eigenvalue weighted by Gasteiger charge is -2.32. The predicted molar refractivity (Wildman–Crippen MR) is 130 cm³/mol. The van der Waals surface area contributed by atoms with Crippen molar-refractivity contribution in [3.05, 3.63) is 59.3 Å². The number of carbonyl (C=O) groups is 1. The fourth-order valence-corrected chi connectivity index (χ4v) is 4.63. The highest BCUT2D eigenvalue weighted by atomic mass is 16.2. The molecule has 0 radical (unpaired) electrons. The lowest BCUT2D eigenvalue weighted by molar-refractivity contribution is 0.186. The Morgan fingerprint density at radius 2 is 1.78 bits per heavy atom. The van der Waals surface area contributed by atoms with Crippen molar-refractivity contribution >= 4 is 11.8 Å². The molecule has 0 spiro atoms. The van der Waals surface area contributed by atoms with Crippen LogP contribution in [0.3, 0.4) is 0 Å². The minimum Gasteiger partial charge on any atom is -0.357 e. The molecule has 1 aromatic carbocycles. The molecule has 2 fully saturated rings. The van der Waals surface area contributed by atoms with Gasteiger partial charge in [0.25, 0.3) is 0 Å². The van der Waals surface area contributed by atoms with E-state index in [1.165, 1.54) is 24.0 Å². The predicted octanol–water partition coefficient (Wildman–Crippen LogP) is 4.09. The third-order valence-corrected chi connectivity index (χ3v) is 6.95. The average molecular weight is 436 g/mol. The van der Waals surface area contributed by atoms with Gasteiger partial charge in [0.1, 0.15) is 5.82 Å². The number of hydrogen-bond donors (Lipinski definition) is 2. The van der Waals surface area contributed by atoms with Gasteiger partial charge in [-0.2, -0.15) is 0 Å². The van der Waals surface area contributed by atoms with E-state index in [1.54, 1.807) is 0 Å². The number of pyridine rings is 1. The van der Waals surface area contributed by atoms with Crippen LogP contribution in [-0.2, 0) is 13.1 Å². The maximum atomic E-state index is 12.4. The van der Waals surface area contributed by atoms with E-state index < -0.39 is 0 Å². The van der Waals surface area contributed by atoms with Gasteiger partial charge in [0.2, 0.25) is 0 Å². The molecule has 4 rings (SSSR count).